The van der Waals surface area contributed by atoms with Crippen molar-refractivity contribution in [3.63, 3.8) is 0 Å². The van der Waals surface area contributed by atoms with Crippen LogP contribution >= 0.6 is 27.3 Å². The Morgan fingerprint density at radius 3 is 2.90 bits per heavy atom. The summed E-state index contributed by atoms with van der Waals surface area (Å²) in [6, 6.07) is 8.04. The van der Waals surface area contributed by atoms with Gasteiger partial charge in [0.15, 0.2) is 5.58 Å². The lowest BCUT2D eigenvalue weighted by molar-refractivity contribution is 0.527. The van der Waals surface area contributed by atoms with Crippen LogP contribution in [0, 0.1) is 0 Å². The number of hydrogen-bond donors (Lipinski definition) is 1. The summed E-state index contributed by atoms with van der Waals surface area (Å²) in [5.41, 5.74) is 2.52. The van der Waals surface area contributed by atoms with Crippen LogP contribution in [0.1, 0.15) is 23.4 Å². The molecule has 110 valence electrons. The predicted octanol–water partition coefficient (Wildman–Crippen LogP) is 3.65. The molecule has 0 saturated carbocycles. The van der Waals surface area contributed by atoms with E-state index in [-0.39, 0.29) is 11.8 Å². The molecule has 0 aliphatic rings. The number of nitrogens with zero attached hydrogens (tertiary/aromatic N) is 1. The van der Waals surface area contributed by atoms with E-state index in [4.69, 9.17) is 4.42 Å². The molecule has 0 spiro atoms. The highest BCUT2D eigenvalue weighted by atomic mass is 79.9. The van der Waals surface area contributed by atoms with Gasteiger partial charge in [-0.15, -0.1) is 11.3 Å². The monoisotopic (exact) mass is 366 g/mol. The molecule has 0 fully saturated rings. The summed E-state index contributed by atoms with van der Waals surface area (Å²) in [6.45, 7) is 2.93. The number of rotatable bonds is 4. The normalized spacial score (nSPS) is 12.9. The number of hydrogen-bond acceptors (Lipinski definition) is 4. The summed E-state index contributed by atoms with van der Waals surface area (Å²) < 4.78 is 7.89. The first-order valence-corrected chi connectivity index (χ1v) is 8.34. The second-order valence-corrected chi connectivity index (χ2v) is 6.58. The molecular formula is C15H15BrN2O2S. The van der Waals surface area contributed by atoms with Crippen LogP contribution in [0.25, 0.3) is 11.1 Å². The highest BCUT2D eigenvalue weighted by molar-refractivity contribution is 9.10. The van der Waals surface area contributed by atoms with Crippen molar-refractivity contribution < 1.29 is 4.42 Å². The zero-order valence-electron chi connectivity index (χ0n) is 11.7. The molecule has 3 aromatic rings. The van der Waals surface area contributed by atoms with E-state index in [0.29, 0.717) is 5.58 Å². The topological polar surface area (TPSA) is 47.2 Å². The smallest absolute Gasteiger partial charge is 0.408 e. The van der Waals surface area contributed by atoms with E-state index in [1.807, 2.05) is 24.3 Å². The van der Waals surface area contributed by atoms with E-state index in [0.717, 1.165) is 22.1 Å². The molecule has 4 nitrogen and oxygen atoms in total. The lowest BCUT2D eigenvalue weighted by Crippen LogP contribution is -2.21. The van der Waals surface area contributed by atoms with Crippen molar-refractivity contribution in [2.45, 2.75) is 13.0 Å². The Kier molecular flexibility index (Phi) is 4.01. The summed E-state index contributed by atoms with van der Waals surface area (Å²) in [4.78, 5) is 12.8. The van der Waals surface area contributed by atoms with Crippen LogP contribution in [-0.4, -0.2) is 11.1 Å². The maximum absolute atomic E-state index is 11.6. The minimum Gasteiger partial charge on any atom is -0.408 e. The molecule has 0 amide bonds. The number of aryl methyl sites for hydroxylation is 1. The van der Waals surface area contributed by atoms with Crippen LogP contribution in [0.2, 0.25) is 0 Å². The minimum absolute atomic E-state index is 0.0827. The van der Waals surface area contributed by atoms with Gasteiger partial charge >= 0.3 is 5.76 Å². The Balaban J connectivity index is 2.11. The first-order chi connectivity index (χ1) is 10.1. The average Bonchev–Trinajstić information content (AvgIpc) is 3.01. The van der Waals surface area contributed by atoms with Gasteiger partial charge < -0.3 is 9.73 Å². The second kappa shape index (κ2) is 5.79. The molecule has 0 aliphatic carbocycles. The Bertz CT molecular complexity index is 834. The fourth-order valence-corrected chi connectivity index (χ4v) is 4.11. The second-order valence-electron chi connectivity index (χ2n) is 4.78. The summed E-state index contributed by atoms with van der Waals surface area (Å²) in [5, 5.41) is 5.54. The number of aromatic nitrogens is 1. The van der Waals surface area contributed by atoms with Gasteiger partial charge in [-0.25, -0.2) is 4.79 Å². The summed E-state index contributed by atoms with van der Waals surface area (Å²) in [6.07, 6.45) is 0. The van der Waals surface area contributed by atoms with Crippen molar-refractivity contribution >= 4 is 38.4 Å². The van der Waals surface area contributed by atoms with Crippen LogP contribution in [0.15, 0.2) is 43.3 Å². The molecule has 0 bridgehead atoms. The maximum Gasteiger partial charge on any atom is 0.419 e. The van der Waals surface area contributed by atoms with Crippen molar-refractivity contribution in [3.8, 4) is 0 Å². The minimum atomic E-state index is -0.334. The van der Waals surface area contributed by atoms with Crippen LogP contribution in [0.3, 0.4) is 0 Å². The van der Waals surface area contributed by atoms with Gasteiger partial charge in [0.1, 0.15) is 0 Å². The van der Waals surface area contributed by atoms with Crippen LogP contribution in [-0.2, 0) is 7.05 Å². The lowest BCUT2D eigenvalue weighted by atomic mass is 10.0. The van der Waals surface area contributed by atoms with Crippen molar-refractivity contribution in [2.75, 3.05) is 6.54 Å². The highest BCUT2D eigenvalue weighted by Crippen LogP contribution is 2.34. The summed E-state index contributed by atoms with van der Waals surface area (Å²) in [5.74, 6) is -0.334. The third-order valence-corrected chi connectivity index (χ3v) is 5.40. The average molecular weight is 367 g/mol. The Morgan fingerprint density at radius 1 is 1.43 bits per heavy atom. The van der Waals surface area contributed by atoms with Crippen molar-refractivity contribution in [3.05, 3.63) is 55.1 Å². The fourth-order valence-electron chi connectivity index (χ4n) is 2.41. The first kappa shape index (κ1) is 14.6. The Morgan fingerprint density at radius 2 is 2.24 bits per heavy atom. The largest absolute Gasteiger partial charge is 0.419 e. The first-order valence-electron chi connectivity index (χ1n) is 6.67. The van der Waals surface area contributed by atoms with Gasteiger partial charge in [-0.3, -0.25) is 4.57 Å². The number of fused-ring (bicyclic) bond motifs is 1. The van der Waals surface area contributed by atoms with Crippen LogP contribution in [0.4, 0.5) is 0 Å². The van der Waals surface area contributed by atoms with E-state index in [1.165, 1.54) is 9.44 Å². The number of oxazole rings is 1. The van der Waals surface area contributed by atoms with Gasteiger partial charge in [0.05, 0.1) is 11.6 Å². The zero-order chi connectivity index (χ0) is 15.0. The number of thiophene rings is 1. The van der Waals surface area contributed by atoms with Gasteiger partial charge in [0.25, 0.3) is 0 Å². The van der Waals surface area contributed by atoms with Crippen molar-refractivity contribution in [1.82, 2.24) is 9.88 Å². The molecule has 2 heterocycles. The fraction of sp³-hybridized carbons (Fsp3) is 0.267. The predicted molar refractivity (Wildman–Crippen MR) is 89.0 cm³/mol. The SMILES string of the molecule is CCNC(c1ccc2c(c1)oc(=O)n2C)c1sccc1Br. The van der Waals surface area contributed by atoms with E-state index in [2.05, 4.69) is 33.6 Å². The van der Waals surface area contributed by atoms with Gasteiger partial charge in [0, 0.05) is 16.4 Å². The Labute approximate surface area is 134 Å². The molecule has 1 unspecified atom stereocenters. The third kappa shape index (κ3) is 2.59. The quantitative estimate of drug-likeness (QED) is 0.766. The van der Waals surface area contributed by atoms with E-state index >= 15 is 0 Å². The van der Waals surface area contributed by atoms with Gasteiger partial charge in [-0.2, -0.15) is 0 Å². The van der Waals surface area contributed by atoms with Crippen molar-refractivity contribution in [2.24, 2.45) is 7.05 Å². The summed E-state index contributed by atoms with van der Waals surface area (Å²) >= 11 is 5.29. The molecule has 1 atom stereocenters. The van der Waals surface area contributed by atoms with Gasteiger partial charge in [-0.1, -0.05) is 13.0 Å². The molecule has 0 aliphatic heterocycles. The number of benzene rings is 1. The van der Waals surface area contributed by atoms with Gasteiger partial charge in [-0.05, 0) is 51.6 Å². The van der Waals surface area contributed by atoms with Crippen LogP contribution in [0.5, 0.6) is 0 Å². The van der Waals surface area contributed by atoms with Crippen molar-refractivity contribution in [1.29, 1.82) is 0 Å². The molecule has 1 aromatic carbocycles. The van der Waals surface area contributed by atoms with E-state index in [9.17, 15) is 4.79 Å². The molecule has 21 heavy (non-hydrogen) atoms. The number of nitrogens with one attached hydrogen (secondary N) is 1. The zero-order valence-corrected chi connectivity index (χ0v) is 14.1. The van der Waals surface area contributed by atoms with E-state index in [1.54, 1.807) is 18.4 Å². The van der Waals surface area contributed by atoms with Crippen LogP contribution < -0.4 is 11.1 Å². The van der Waals surface area contributed by atoms with Gasteiger partial charge in [0.2, 0.25) is 0 Å². The maximum atomic E-state index is 11.6. The standard InChI is InChI=1S/C15H15BrN2O2S/c1-3-17-13(14-10(16)6-7-21-14)9-4-5-11-12(8-9)20-15(19)18(11)2/h4-8,13,17H,3H2,1-2H3. The Hall–Kier alpha value is -1.37. The number of halogens is 1. The molecular weight excluding hydrogens is 352 g/mol. The molecule has 1 N–H and O–H groups in total. The highest BCUT2D eigenvalue weighted by Gasteiger charge is 2.18. The lowest BCUT2D eigenvalue weighted by Gasteiger charge is -2.17. The van der Waals surface area contributed by atoms with E-state index < -0.39 is 0 Å². The molecule has 2 aromatic heterocycles. The molecule has 0 saturated heterocycles. The molecule has 6 heteroatoms. The molecule has 0 radical (unpaired) electrons. The summed E-state index contributed by atoms with van der Waals surface area (Å²) in [7, 11) is 1.71. The third-order valence-electron chi connectivity index (χ3n) is 3.46. The molecule has 3 rings (SSSR count).